The van der Waals surface area contributed by atoms with Crippen LogP contribution in [0.5, 0.6) is 0 Å². The van der Waals surface area contributed by atoms with E-state index in [2.05, 4.69) is 0 Å². The number of hydrogen-bond donors (Lipinski definition) is 1. The van der Waals surface area contributed by atoms with Gasteiger partial charge >= 0.3 is 0 Å². The van der Waals surface area contributed by atoms with Crippen molar-refractivity contribution in [3.63, 3.8) is 0 Å². The zero-order chi connectivity index (χ0) is 12.8. The second-order valence-corrected chi connectivity index (χ2v) is 5.27. The number of rotatable bonds is 4. The summed E-state index contributed by atoms with van der Waals surface area (Å²) in [7, 11) is 0. The summed E-state index contributed by atoms with van der Waals surface area (Å²) >= 11 is 0. The Labute approximate surface area is 109 Å². The molecule has 4 heteroatoms. The molecule has 2 aliphatic heterocycles. The van der Waals surface area contributed by atoms with E-state index in [0.717, 1.165) is 19.4 Å². The maximum atomic E-state index is 10.3. The molecule has 3 atom stereocenters. The van der Waals surface area contributed by atoms with Gasteiger partial charge in [-0.2, -0.15) is 0 Å². The van der Waals surface area contributed by atoms with Gasteiger partial charge in [0, 0.05) is 26.1 Å². The molecular formula is C14H24O4. The molecule has 0 aromatic carbocycles. The zero-order valence-electron chi connectivity index (χ0n) is 11.1. The summed E-state index contributed by atoms with van der Waals surface area (Å²) in [6.07, 6.45) is 8.41. The van der Waals surface area contributed by atoms with Gasteiger partial charge in [0.05, 0.1) is 18.3 Å². The molecule has 0 aromatic rings. The second-order valence-electron chi connectivity index (χ2n) is 5.27. The fourth-order valence-electron chi connectivity index (χ4n) is 2.52. The zero-order valence-corrected chi connectivity index (χ0v) is 11.1. The normalized spacial score (nSPS) is 38.1. The molecule has 0 spiro atoms. The van der Waals surface area contributed by atoms with Crippen LogP contribution in [0.4, 0.5) is 0 Å². The highest BCUT2D eigenvalue weighted by atomic mass is 16.7. The summed E-state index contributed by atoms with van der Waals surface area (Å²) in [6, 6.07) is 0. The Morgan fingerprint density at radius 2 is 2.22 bits per heavy atom. The molecule has 2 saturated heterocycles. The SMILES string of the molecule is C[C@H]1C[C@](O)(C=CCOC2CCCCO2)CCO1. The highest BCUT2D eigenvalue weighted by Gasteiger charge is 2.30. The summed E-state index contributed by atoms with van der Waals surface area (Å²) in [5, 5.41) is 10.3. The fraction of sp³-hybridized carbons (Fsp3) is 0.857. The van der Waals surface area contributed by atoms with E-state index in [1.165, 1.54) is 6.42 Å². The van der Waals surface area contributed by atoms with Crippen LogP contribution in [-0.4, -0.2) is 42.9 Å². The third kappa shape index (κ3) is 4.35. The summed E-state index contributed by atoms with van der Waals surface area (Å²) in [4.78, 5) is 0. The molecule has 4 nitrogen and oxygen atoms in total. The molecule has 0 bridgehead atoms. The van der Waals surface area contributed by atoms with Gasteiger partial charge in [-0.15, -0.1) is 0 Å². The maximum Gasteiger partial charge on any atom is 0.157 e. The average Bonchev–Trinajstić information content (AvgIpc) is 2.36. The minimum Gasteiger partial charge on any atom is -0.386 e. The van der Waals surface area contributed by atoms with E-state index < -0.39 is 5.60 Å². The summed E-state index contributed by atoms with van der Waals surface area (Å²) in [5.41, 5.74) is -0.728. The molecule has 2 rings (SSSR count). The van der Waals surface area contributed by atoms with Crippen molar-refractivity contribution in [1.82, 2.24) is 0 Å². The molecule has 0 aromatic heterocycles. The second kappa shape index (κ2) is 6.66. The number of ether oxygens (including phenoxy) is 3. The van der Waals surface area contributed by atoms with E-state index in [1.807, 2.05) is 19.1 Å². The topological polar surface area (TPSA) is 47.9 Å². The first-order chi connectivity index (χ1) is 8.68. The lowest BCUT2D eigenvalue weighted by atomic mass is 9.90. The largest absolute Gasteiger partial charge is 0.386 e. The van der Waals surface area contributed by atoms with Crippen LogP contribution in [0.25, 0.3) is 0 Å². The maximum absolute atomic E-state index is 10.3. The van der Waals surface area contributed by atoms with Gasteiger partial charge in [-0.3, -0.25) is 0 Å². The Morgan fingerprint density at radius 3 is 2.94 bits per heavy atom. The Morgan fingerprint density at radius 1 is 1.33 bits per heavy atom. The van der Waals surface area contributed by atoms with Gasteiger partial charge in [0.2, 0.25) is 0 Å². The van der Waals surface area contributed by atoms with Gasteiger partial charge in [0.25, 0.3) is 0 Å². The predicted octanol–water partition coefficient (Wildman–Crippen LogP) is 2.02. The standard InChI is InChI=1S/C14H24O4/c1-12-11-14(15,7-10-16-12)6-4-9-18-13-5-2-3-8-17-13/h4,6,12-13,15H,2-3,5,7-11H2,1H3/t12-,13?,14-/m0/s1. The lowest BCUT2D eigenvalue weighted by molar-refractivity contribution is -0.155. The van der Waals surface area contributed by atoms with Gasteiger partial charge in [-0.05, 0) is 26.2 Å². The Balaban J connectivity index is 1.69. The molecule has 2 fully saturated rings. The number of hydrogen-bond acceptors (Lipinski definition) is 4. The van der Waals surface area contributed by atoms with E-state index in [0.29, 0.717) is 26.1 Å². The van der Waals surface area contributed by atoms with Gasteiger partial charge in [0.15, 0.2) is 6.29 Å². The van der Waals surface area contributed by atoms with E-state index in [-0.39, 0.29) is 12.4 Å². The van der Waals surface area contributed by atoms with Crippen LogP contribution in [0.2, 0.25) is 0 Å². The third-order valence-corrected chi connectivity index (χ3v) is 3.52. The van der Waals surface area contributed by atoms with Crippen molar-refractivity contribution >= 4 is 0 Å². The molecule has 2 heterocycles. The van der Waals surface area contributed by atoms with Crippen LogP contribution in [0.15, 0.2) is 12.2 Å². The van der Waals surface area contributed by atoms with Gasteiger partial charge in [-0.1, -0.05) is 12.2 Å². The molecule has 0 amide bonds. The van der Waals surface area contributed by atoms with Crippen molar-refractivity contribution < 1.29 is 19.3 Å². The highest BCUT2D eigenvalue weighted by Crippen LogP contribution is 2.25. The Kier molecular flexibility index (Phi) is 5.18. The van der Waals surface area contributed by atoms with Crippen LogP contribution in [0.1, 0.15) is 39.0 Å². The molecule has 0 radical (unpaired) electrons. The van der Waals surface area contributed by atoms with E-state index >= 15 is 0 Å². The molecule has 0 aliphatic carbocycles. The lowest BCUT2D eigenvalue weighted by Gasteiger charge is -2.33. The fourth-order valence-corrected chi connectivity index (χ4v) is 2.52. The molecule has 18 heavy (non-hydrogen) atoms. The summed E-state index contributed by atoms with van der Waals surface area (Å²) < 4.78 is 16.5. The van der Waals surface area contributed by atoms with Gasteiger partial charge in [0.1, 0.15) is 0 Å². The molecule has 104 valence electrons. The average molecular weight is 256 g/mol. The first-order valence-corrected chi connectivity index (χ1v) is 6.93. The van der Waals surface area contributed by atoms with Crippen molar-refractivity contribution in [2.75, 3.05) is 19.8 Å². The van der Waals surface area contributed by atoms with Crippen LogP contribution < -0.4 is 0 Å². The van der Waals surface area contributed by atoms with Crippen molar-refractivity contribution in [3.05, 3.63) is 12.2 Å². The Bertz CT molecular complexity index is 273. The third-order valence-electron chi connectivity index (χ3n) is 3.52. The van der Waals surface area contributed by atoms with Gasteiger partial charge in [-0.25, -0.2) is 0 Å². The quantitative estimate of drug-likeness (QED) is 0.782. The molecule has 2 aliphatic rings. The first-order valence-electron chi connectivity index (χ1n) is 6.93. The molecule has 0 saturated carbocycles. The summed E-state index contributed by atoms with van der Waals surface area (Å²) in [5.74, 6) is 0. The molecular weight excluding hydrogens is 232 g/mol. The predicted molar refractivity (Wildman–Crippen MR) is 68.3 cm³/mol. The highest BCUT2D eigenvalue weighted by molar-refractivity contribution is 5.03. The Hall–Kier alpha value is -0.420. The van der Waals surface area contributed by atoms with E-state index in [9.17, 15) is 5.11 Å². The van der Waals surface area contributed by atoms with E-state index in [4.69, 9.17) is 14.2 Å². The first kappa shape index (κ1) is 14.0. The van der Waals surface area contributed by atoms with E-state index in [1.54, 1.807) is 0 Å². The monoisotopic (exact) mass is 256 g/mol. The van der Waals surface area contributed by atoms with Crippen molar-refractivity contribution in [3.8, 4) is 0 Å². The van der Waals surface area contributed by atoms with Crippen LogP contribution in [0.3, 0.4) is 0 Å². The van der Waals surface area contributed by atoms with Crippen LogP contribution in [0, 0.1) is 0 Å². The summed E-state index contributed by atoms with van der Waals surface area (Å²) in [6.45, 7) is 3.91. The number of aliphatic hydroxyl groups is 1. The molecule has 1 unspecified atom stereocenters. The minimum absolute atomic E-state index is 0.0633. The molecule has 1 N–H and O–H groups in total. The lowest BCUT2D eigenvalue weighted by Crippen LogP contribution is -2.38. The smallest absolute Gasteiger partial charge is 0.157 e. The van der Waals surface area contributed by atoms with Crippen molar-refractivity contribution in [1.29, 1.82) is 0 Å². The minimum atomic E-state index is -0.728. The van der Waals surface area contributed by atoms with Gasteiger partial charge < -0.3 is 19.3 Å². The van der Waals surface area contributed by atoms with Crippen molar-refractivity contribution in [2.24, 2.45) is 0 Å². The van der Waals surface area contributed by atoms with Crippen molar-refractivity contribution in [2.45, 2.75) is 57.0 Å². The van der Waals surface area contributed by atoms with Crippen LogP contribution >= 0.6 is 0 Å². The van der Waals surface area contributed by atoms with Crippen LogP contribution in [-0.2, 0) is 14.2 Å².